The Kier molecular flexibility index (Phi) is 7.52. The third-order valence-electron chi connectivity index (χ3n) is 6.23. The molecule has 0 saturated heterocycles. The summed E-state index contributed by atoms with van der Waals surface area (Å²) in [5.41, 5.74) is 2.64. The minimum Gasteiger partial charge on any atom is -0.330 e. The molecule has 9 heteroatoms. The van der Waals surface area contributed by atoms with Crippen LogP contribution in [0.1, 0.15) is 51.3 Å². The number of hydrogen-bond acceptors (Lipinski definition) is 5. The molecule has 1 atom stereocenters. The molecular weight excluding hydrogens is 486 g/mol. The molecule has 35 heavy (non-hydrogen) atoms. The van der Waals surface area contributed by atoms with E-state index in [4.69, 9.17) is 11.6 Å². The van der Waals surface area contributed by atoms with Gasteiger partial charge in [-0.1, -0.05) is 36.7 Å². The number of nitro groups is 1. The minimum atomic E-state index is -0.496. The smallest absolute Gasteiger partial charge is 0.273 e. The van der Waals surface area contributed by atoms with Gasteiger partial charge >= 0.3 is 0 Å². The standard InChI is InChI=1S/C26H26ClN3O4S/c1-3-12-28(26(32)19-5-4-17(2)22(15-19)30(33)34)16-24(31)29-13-10-23-21(11-14-35-23)25(29)18-6-8-20(27)9-7-18/h4-9,11,14-15,25H,3,10,12-13,16H2,1-2H3. The zero-order valence-corrected chi connectivity index (χ0v) is 21.1. The lowest BCUT2D eigenvalue weighted by molar-refractivity contribution is -0.385. The van der Waals surface area contributed by atoms with E-state index in [0.717, 1.165) is 17.5 Å². The summed E-state index contributed by atoms with van der Waals surface area (Å²) < 4.78 is 0. The number of nitro benzene ring substituents is 1. The van der Waals surface area contributed by atoms with Crippen molar-refractivity contribution in [3.05, 3.63) is 96.2 Å². The Balaban J connectivity index is 1.61. The van der Waals surface area contributed by atoms with Crippen molar-refractivity contribution in [2.24, 2.45) is 0 Å². The van der Waals surface area contributed by atoms with Gasteiger partial charge in [0.1, 0.15) is 6.54 Å². The highest BCUT2D eigenvalue weighted by atomic mass is 35.5. The number of nitrogens with zero attached hydrogens (tertiary/aromatic N) is 3. The second-order valence-electron chi connectivity index (χ2n) is 8.58. The van der Waals surface area contributed by atoms with Gasteiger partial charge in [0.2, 0.25) is 5.91 Å². The van der Waals surface area contributed by atoms with E-state index in [-0.39, 0.29) is 35.7 Å². The van der Waals surface area contributed by atoms with Gasteiger partial charge in [0, 0.05) is 40.2 Å². The van der Waals surface area contributed by atoms with Gasteiger partial charge in [0.15, 0.2) is 0 Å². The van der Waals surface area contributed by atoms with Crippen LogP contribution in [0.4, 0.5) is 5.69 Å². The zero-order valence-electron chi connectivity index (χ0n) is 19.6. The molecule has 1 unspecified atom stereocenters. The Bertz CT molecular complexity index is 1260. The number of carbonyl (C=O) groups excluding carboxylic acids is 2. The number of thiophene rings is 1. The van der Waals surface area contributed by atoms with Crippen LogP contribution >= 0.6 is 22.9 Å². The molecule has 0 spiro atoms. The van der Waals surface area contributed by atoms with Crippen LogP contribution < -0.4 is 0 Å². The van der Waals surface area contributed by atoms with Gasteiger partial charge in [-0.25, -0.2) is 0 Å². The third kappa shape index (κ3) is 5.23. The number of aryl methyl sites for hydroxylation is 1. The van der Waals surface area contributed by atoms with Crippen molar-refractivity contribution in [1.82, 2.24) is 9.80 Å². The lowest BCUT2D eigenvalue weighted by Gasteiger charge is -2.37. The fourth-order valence-corrected chi connectivity index (χ4v) is 5.52. The van der Waals surface area contributed by atoms with Crippen molar-refractivity contribution in [3.8, 4) is 0 Å². The predicted octanol–water partition coefficient (Wildman–Crippen LogP) is 5.64. The van der Waals surface area contributed by atoms with Crippen molar-refractivity contribution < 1.29 is 14.5 Å². The highest BCUT2D eigenvalue weighted by Crippen LogP contribution is 2.38. The molecule has 0 aliphatic carbocycles. The predicted molar refractivity (Wildman–Crippen MR) is 137 cm³/mol. The van der Waals surface area contributed by atoms with E-state index in [2.05, 4.69) is 6.07 Å². The van der Waals surface area contributed by atoms with Gasteiger partial charge in [0.25, 0.3) is 11.6 Å². The van der Waals surface area contributed by atoms with Crippen molar-refractivity contribution >= 4 is 40.4 Å². The first-order valence-electron chi connectivity index (χ1n) is 11.5. The molecule has 0 saturated carbocycles. The van der Waals surface area contributed by atoms with E-state index in [1.54, 1.807) is 30.4 Å². The van der Waals surface area contributed by atoms with Crippen molar-refractivity contribution in [2.75, 3.05) is 19.6 Å². The Morgan fingerprint density at radius 3 is 2.63 bits per heavy atom. The molecule has 0 radical (unpaired) electrons. The SMILES string of the molecule is CCCN(CC(=O)N1CCc2sccc2C1c1ccc(Cl)cc1)C(=O)c1ccc(C)c([N+](=O)[O-])c1. The lowest BCUT2D eigenvalue weighted by atomic mass is 9.93. The van der Waals surface area contributed by atoms with Crippen molar-refractivity contribution in [1.29, 1.82) is 0 Å². The number of fused-ring (bicyclic) bond motifs is 1. The maximum absolute atomic E-state index is 13.6. The van der Waals surface area contributed by atoms with Crippen LogP contribution in [0.5, 0.6) is 0 Å². The van der Waals surface area contributed by atoms with Crippen molar-refractivity contribution in [3.63, 3.8) is 0 Å². The summed E-state index contributed by atoms with van der Waals surface area (Å²) in [6.07, 6.45) is 1.41. The van der Waals surface area contributed by atoms with Gasteiger partial charge in [-0.15, -0.1) is 11.3 Å². The molecule has 4 rings (SSSR count). The van der Waals surface area contributed by atoms with Crippen LogP contribution in [0.2, 0.25) is 5.02 Å². The Morgan fingerprint density at radius 2 is 1.94 bits per heavy atom. The van der Waals surface area contributed by atoms with Crippen LogP contribution in [0.3, 0.4) is 0 Å². The maximum atomic E-state index is 13.6. The van der Waals surface area contributed by atoms with Crippen LogP contribution in [0, 0.1) is 17.0 Å². The summed E-state index contributed by atoms with van der Waals surface area (Å²) in [7, 11) is 0. The molecule has 1 aliphatic heterocycles. The van der Waals surface area contributed by atoms with Gasteiger partial charge in [-0.2, -0.15) is 0 Å². The van der Waals surface area contributed by atoms with Crippen LogP contribution in [-0.2, 0) is 11.2 Å². The molecule has 2 heterocycles. The van der Waals surface area contributed by atoms with Crippen LogP contribution in [0.15, 0.2) is 53.9 Å². The van der Waals surface area contributed by atoms with Crippen molar-refractivity contribution in [2.45, 2.75) is 32.7 Å². The van der Waals surface area contributed by atoms with Gasteiger partial charge in [-0.3, -0.25) is 19.7 Å². The monoisotopic (exact) mass is 511 g/mol. The summed E-state index contributed by atoms with van der Waals surface area (Å²) in [6.45, 7) is 4.38. The quantitative estimate of drug-likeness (QED) is 0.303. The topological polar surface area (TPSA) is 83.8 Å². The number of rotatable bonds is 7. The van der Waals surface area contributed by atoms with Gasteiger partial charge in [-0.05, 0) is 60.5 Å². The molecule has 7 nitrogen and oxygen atoms in total. The first-order chi connectivity index (χ1) is 16.8. The summed E-state index contributed by atoms with van der Waals surface area (Å²) in [5.74, 6) is -0.551. The van der Waals surface area contributed by atoms with Crippen LogP contribution in [-0.4, -0.2) is 46.2 Å². The number of hydrogen-bond donors (Lipinski definition) is 0. The Labute approximate surface area is 213 Å². The molecule has 182 valence electrons. The first-order valence-corrected chi connectivity index (χ1v) is 12.7. The molecule has 2 amide bonds. The fraction of sp³-hybridized carbons (Fsp3) is 0.308. The molecule has 3 aromatic rings. The van der Waals surface area contributed by atoms with E-state index in [1.807, 2.05) is 41.5 Å². The Morgan fingerprint density at radius 1 is 1.20 bits per heavy atom. The Hall–Kier alpha value is -3.23. The number of amides is 2. The average Bonchev–Trinajstić information content (AvgIpc) is 3.32. The molecule has 0 fully saturated rings. The summed E-state index contributed by atoms with van der Waals surface area (Å²) >= 11 is 7.79. The average molecular weight is 512 g/mol. The molecule has 1 aromatic heterocycles. The molecule has 0 bridgehead atoms. The van der Waals surface area contributed by atoms with E-state index in [1.165, 1.54) is 15.8 Å². The number of benzene rings is 2. The normalized spacial score (nSPS) is 14.9. The molecular formula is C26H26ClN3O4S. The highest BCUT2D eigenvalue weighted by Gasteiger charge is 2.34. The van der Waals surface area contributed by atoms with E-state index in [9.17, 15) is 19.7 Å². The van der Waals surface area contributed by atoms with E-state index >= 15 is 0 Å². The van der Waals surface area contributed by atoms with Gasteiger partial charge < -0.3 is 9.80 Å². The first kappa shape index (κ1) is 24.9. The van der Waals surface area contributed by atoms with Gasteiger partial charge in [0.05, 0.1) is 11.0 Å². The summed E-state index contributed by atoms with van der Waals surface area (Å²) in [4.78, 5) is 42.4. The zero-order chi connectivity index (χ0) is 25.1. The summed E-state index contributed by atoms with van der Waals surface area (Å²) in [6, 6.07) is 13.7. The van der Waals surface area contributed by atoms with Crippen LogP contribution in [0.25, 0.3) is 0 Å². The molecule has 0 N–H and O–H groups in total. The molecule has 1 aliphatic rings. The maximum Gasteiger partial charge on any atom is 0.273 e. The second kappa shape index (κ2) is 10.6. The summed E-state index contributed by atoms with van der Waals surface area (Å²) in [5, 5.41) is 14.0. The minimum absolute atomic E-state index is 0.0993. The largest absolute Gasteiger partial charge is 0.330 e. The molecule has 2 aromatic carbocycles. The number of carbonyl (C=O) groups is 2. The van der Waals surface area contributed by atoms with E-state index in [0.29, 0.717) is 30.1 Å². The highest BCUT2D eigenvalue weighted by molar-refractivity contribution is 7.10. The van der Waals surface area contributed by atoms with E-state index < -0.39 is 4.92 Å². The number of halogens is 1. The second-order valence-corrected chi connectivity index (χ2v) is 10.0. The third-order valence-corrected chi connectivity index (χ3v) is 7.48. The lowest BCUT2D eigenvalue weighted by Crippen LogP contribution is -2.47. The fourth-order valence-electron chi connectivity index (χ4n) is 4.49.